The minimum atomic E-state index is -0.757. The summed E-state index contributed by atoms with van der Waals surface area (Å²) in [5.41, 5.74) is 0.515. The van der Waals surface area contributed by atoms with E-state index in [0.29, 0.717) is 18.9 Å². The molecule has 2 atom stereocenters. The van der Waals surface area contributed by atoms with E-state index in [-0.39, 0.29) is 5.92 Å². The van der Waals surface area contributed by atoms with Crippen molar-refractivity contribution in [3.05, 3.63) is 23.8 Å². The molecule has 0 aromatic heterocycles. The Balaban J connectivity index is 3.00. The Morgan fingerprint density at radius 3 is 2.73 bits per heavy atom. The molecule has 0 saturated carbocycles. The zero-order valence-electron chi connectivity index (χ0n) is 14.6. The van der Waals surface area contributed by atoms with E-state index in [0.717, 1.165) is 32.1 Å². The lowest BCUT2D eigenvalue weighted by Gasteiger charge is -2.39. The van der Waals surface area contributed by atoms with Crippen molar-refractivity contribution in [3.8, 4) is 0 Å². The zero-order chi connectivity index (χ0) is 16.6. The van der Waals surface area contributed by atoms with Crippen LogP contribution in [0.1, 0.15) is 59.3 Å². The molecule has 1 N–H and O–H groups in total. The number of aliphatic carboxylic acids is 1. The maximum atomic E-state index is 12.2. The van der Waals surface area contributed by atoms with Crippen LogP contribution in [-0.2, 0) is 9.53 Å². The topological polar surface area (TPSA) is 46.5 Å². The molecule has 0 aromatic carbocycles. The van der Waals surface area contributed by atoms with Crippen molar-refractivity contribution in [2.24, 2.45) is 17.3 Å². The van der Waals surface area contributed by atoms with Crippen LogP contribution in [0.3, 0.4) is 0 Å². The Bertz CT molecular complexity index is 409. The molecule has 3 nitrogen and oxygen atoms in total. The summed E-state index contributed by atoms with van der Waals surface area (Å²) in [6, 6.07) is 0. The Labute approximate surface area is 135 Å². The predicted molar refractivity (Wildman–Crippen MR) is 90.9 cm³/mol. The number of carboxylic acids is 1. The minimum Gasteiger partial charge on any atom is -0.481 e. The van der Waals surface area contributed by atoms with E-state index in [1.807, 2.05) is 12.2 Å². The predicted octanol–water partition coefficient (Wildman–Crippen LogP) is 4.83. The van der Waals surface area contributed by atoms with Crippen LogP contribution in [0.5, 0.6) is 0 Å². The molecule has 0 amide bonds. The monoisotopic (exact) mass is 308 g/mol. The van der Waals surface area contributed by atoms with Crippen LogP contribution in [0.4, 0.5) is 0 Å². The van der Waals surface area contributed by atoms with Crippen molar-refractivity contribution in [2.75, 3.05) is 13.7 Å². The summed E-state index contributed by atoms with van der Waals surface area (Å²) < 4.78 is 5.24. The van der Waals surface area contributed by atoms with Gasteiger partial charge in [0.2, 0.25) is 0 Å². The highest BCUT2D eigenvalue weighted by Crippen LogP contribution is 2.45. The van der Waals surface area contributed by atoms with Crippen LogP contribution < -0.4 is 0 Å². The van der Waals surface area contributed by atoms with Gasteiger partial charge in [0.1, 0.15) is 0 Å². The maximum absolute atomic E-state index is 12.2. The summed E-state index contributed by atoms with van der Waals surface area (Å²) in [4.78, 5) is 12.2. The number of rotatable bonds is 10. The van der Waals surface area contributed by atoms with Crippen LogP contribution in [0.2, 0.25) is 0 Å². The van der Waals surface area contributed by atoms with Crippen LogP contribution in [0.15, 0.2) is 23.8 Å². The Hall–Kier alpha value is -1.09. The first kappa shape index (κ1) is 19.0. The first-order valence-corrected chi connectivity index (χ1v) is 8.58. The molecule has 0 aliphatic heterocycles. The number of ether oxygens (including phenoxy) is 1. The molecule has 0 saturated heterocycles. The summed E-state index contributed by atoms with van der Waals surface area (Å²) in [5, 5.41) is 9.99. The van der Waals surface area contributed by atoms with Gasteiger partial charge in [0, 0.05) is 19.6 Å². The van der Waals surface area contributed by atoms with E-state index in [1.54, 1.807) is 7.11 Å². The largest absolute Gasteiger partial charge is 0.481 e. The molecular formula is C19H32O3. The van der Waals surface area contributed by atoms with Gasteiger partial charge in [-0.25, -0.2) is 0 Å². The normalized spacial score (nSPS) is 24.6. The molecule has 2 unspecified atom stereocenters. The quantitative estimate of drug-likeness (QED) is 0.628. The van der Waals surface area contributed by atoms with E-state index in [1.165, 1.54) is 5.57 Å². The summed E-state index contributed by atoms with van der Waals surface area (Å²) in [7, 11) is 1.68. The second-order valence-electron chi connectivity index (χ2n) is 6.82. The second-order valence-corrected chi connectivity index (χ2v) is 6.82. The second kappa shape index (κ2) is 9.14. The van der Waals surface area contributed by atoms with Gasteiger partial charge >= 0.3 is 5.97 Å². The molecule has 0 bridgehead atoms. The minimum absolute atomic E-state index is 0.0575. The Morgan fingerprint density at radius 2 is 2.18 bits per heavy atom. The lowest BCUT2D eigenvalue weighted by molar-refractivity contribution is -0.149. The van der Waals surface area contributed by atoms with Crippen LogP contribution >= 0.6 is 0 Å². The van der Waals surface area contributed by atoms with E-state index in [2.05, 4.69) is 26.8 Å². The third-order valence-corrected chi connectivity index (χ3v) is 4.69. The third-order valence-electron chi connectivity index (χ3n) is 4.69. The van der Waals surface area contributed by atoms with Crippen LogP contribution in [-0.4, -0.2) is 24.8 Å². The van der Waals surface area contributed by atoms with Gasteiger partial charge in [-0.1, -0.05) is 63.8 Å². The third kappa shape index (κ3) is 4.70. The van der Waals surface area contributed by atoms with Gasteiger partial charge < -0.3 is 9.84 Å². The fourth-order valence-corrected chi connectivity index (χ4v) is 3.52. The number of carboxylic acid groups (broad SMARTS) is 1. The Morgan fingerprint density at radius 1 is 1.45 bits per heavy atom. The molecule has 126 valence electrons. The van der Waals surface area contributed by atoms with Crippen LogP contribution in [0.25, 0.3) is 0 Å². The highest BCUT2D eigenvalue weighted by atomic mass is 16.5. The average molecular weight is 308 g/mol. The SMILES string of the molecule is CCCC1=CC=CC(CCCC(C)C)(C(=O)O)C1CCOC. The number of allylic oxidation sites excluding steroid dienone is 3. The van der Waals surface area contributed by atoms with Gasteiger partial charge in [-0.3, -0.25) is 4.79 Å². The van der Waals surface area contributed by atoms with E-state index in [4.69, 9.17) is 4.74 Å². The highest BCUT2D eigenvalue weighted by molar-refractivity contribution is 5.79. The number of hydrogen-bond donors (Lipinski definition) is 1. The fraction of sp³-hybridized carbons (Fsp3) is 0.737. The van der Waals surface area contributed by atoms with Crippen molar-refractivity contribution >= 4 is 5.97 Å². The highest BCUT2D eigenvalue weighted by Gasteiger charge is 2.45. The van der Waals surface area contributed by atoms with Gasteiger partial charge in [-0.15, -0.1) is 0 Å². The van der Waals surface area contributed by atoms with Gasteiger partial charge in [0.15, 0.2) is 0 Å². The first-order valence-electron chi connectivity index (χ1n) is 8.58. The summed E-state index contributed by atoms with van der Waals surface area (Å²) in [6.45, 7) is 7.14. The smallest absolute Gasteiger partial charge is 0.314 e. The molecule has 22 heavy (non-hydrogen) atoms. The fourth-order valence-electron chi connectivity index (χ4n) is 3.52. The molecule has 0 radical (unpaired) electrons. The molecule has 1 rings (SSSR count). The molecule has 0 aromatic rings. The summed E-state index contributed by atoms with van der Waals surface area (Å²) >= 11 is 0. The zero-order valence-corrected chi connectivity index (χ0v) is 14.6. The maximum Gasteiger partial charge on any atom is 0.314 e. The lowest BCUT2D eigenvalue weighted by atomic mass is 9.64. The van der Waals surface area contributed by atoms with Crippen molar-refractivity contribution in [3.63, 3.8) is 0 Å². The van der Waals surface area contributed by atoms with Crippen molar-refractivity contribution in [1.82, 2.24) is 0 Å². The molecule has 0 spiro atoms. The van der Waals surface area contributed by atoms with Gasteiger partial charge in [0.25, 0.3) is 0 Å². The van der Waals surface area contributed by atoms with Gasteiger partial charge in [-0.2, -0.15) is 0 Å². The standard InChI is InChI=1S/C19H32O3/c1-5-8-16-10-7-13-19(18(20)21,12-6-9-15(2)3)17(16)11-14-22-4/h7,10,13,15,17H,5-6,8-9,11-12,14H2,1-4H3,(H,20,21). The number of carbonyl (C=O) groups is 1. The van der Waals surface area contributed by atoms with Gasteiger partial charge in [0.05, 0.1) is 5.41 Å². The first-order chi connectivity index (χ1) is 10.5. The van der Waals surface area contributed by atoms with Crippen molar-refractivity contribution in [1.29, 1.82) is 0 Å². The molecular weight excluding hydrogens is 276 g/mol. The van der Waals surface area contributed by atoms with Crippen molar-refractivity contribution in [2.45, 2.75) is 59.3 Å². The molecule has 0 fully saturated rings. The number of hydrogen-bond acceptors (Lipinski definition) is 2. The van der Waals surface area contributed by atoms with Crippen molar-refractivity contribution < 1.29 is 14.6 Å². The molecule has 0 heterocycles. The number of methoxy groups -OCH3 is 1. The summed E-state index contributed by atoms with van der Waals surface area (Å²) in [6.07, 6.45) is 11.5. The van der Waals surface area contributed by atoms with Crippen LogP contribution in [0, 0.1) is 17.3 Å². The summed E-state index contributed by atoms with van der Waals surface area (Å²) in [5.74, 6) is -0.0149. The average Bonchev–Trinajstić information content (AvgIpc) is 2.46. The Kier molecular flexibility index (Phi) is 7.88. The molecule has 1 aliphatic rings. The van der Waals surface area contributed by atoms with E-state index >= 15 is 0 Å². The van der Waals surface area contributed by atoms with E-state index in [9.17, 15) is 9.90 Å². The lowest BCUT2D eigenvalue weighted by Crippen LogP contribution is -2.40. The van der Waals surface area contributed by atoms with Gasteiger partial charge in [-0.05, 0) is 25.2 Å². The molecule has 1 aliphatic carbocycles. The van der Waals surface area contributed by atoms with E-state index < -0.39 is 11.4 Å². The molecule has 3 heteroatoms.